The summed E-state index contributed by atoms with van der Waals surface area (Å²) in [6.07, 6.45) is 1.87. The van der Waals surface area contributed by atoms with E-state index in [4.69, 9.17) is 34.2 Å². The number of nitrogens with one attached hydrogen (secondary N) is 1. The first-order chi connectivity index (χ1) is 17.3. The Labute approximate surface area is 210 Å². The first kappa shape index (κ1) is 27.3. The van der Waals surface area contributed by atoms with Gasteiger partial charge >= 0.3 is 25.5 Å². The van der Waals surface area contributed by atoms with E-state index >= 15 is 0 Å². The third-order valence-corrected chi connectivity index (χ3v) is 7.51. The van der Waals surface area contributed by atoms with Crippen molar-refractivity contribution in [3.05, 3.63) is 33.1 Å². The highest BCUT2D eigenvalue weighted by atomic mass is 31.2. The van der Waals surface area contributed by atoms with Gasteiger partial charge in [0.15, 0.2) is 17.7 Å². The van der Waals surface area contributed by atoms with Crippen LogP contribution in [0.25, 0.3) is 0 Å². The summed E-state index contributed by atoms with van der Waals surface area (Å²) in [4.78, 5) is 50.5. The number of aliphatic hydroxyl groups is 1. The lowest BCUT2D eigenvalue weighted by molar-refractivity contribution is -0.167. The summed E-state index contributed by atoms with van der Waals surface area (Å²) in [6.45, 7) is 6.03. The Balaban J connectivity index is 1.47. The molecule has 14 nitrogen and oxygen atoms in total. The molecule has 1 unspecified atom stereocenters. The van der Waals surface area contributed by atoms with Crippen LogP contribution in [0.5, 0.6) is 0 Å². The molecular weight excluding hydrogens is 515 g/mol. The number of rotatable bonds is 9. The number of ether oxygens (including phenoxy) is 3. The first-order valence-electron chi connectivity index (χ1n) is 11.5. The smallest absolute Gasteiger partial charge is 0.462 e. The van der Waals surface area contributed by atoms with E-state index in [0.29, 0.717) is 0 Å². The highest BCUT2D eigenvalue weighted by Gasteiger charge is 2.92. The minimum Gasteiger partial charge on any atom is -0.462 e. The molecule has 0 aromatic carbocycles. The molecule has 2 saturated heterocycles. The van der Waals surface area contributed by atoms with Crippen LogP contribution < -0.4 is 11.2 Å². The molecule has 1 aromatic heterocycles. The standard InChI is InChI=1S/C22H27N2O12P/c1-6-21(29)19(24-9-7-14(25)23-20(24)28)34-15-16-22(15,21)36-37(30,35-16)31-10-8-13(17(26)32-11(2)3)18(27)33-12(4)5/h1,7,9,11-13,15-16,19,29H,8,10H2,2-5H3,(H,23,25,28)/t15-,16?,19-,21+,22+,37+/m1/s1. The van der Waals surface area contributed by atoms with Gasteiger partial charge in [-0.25, -0.2) is 9.36 Å². The SMILES string of the molecule is C#C[C@]1(O)[C@H](n2ccc(=O)[nH]c2=O)O[C@@H]2C3O[P@](=O)(OCCC(C(=O)OC(C)C)C(=O)OC(C)C)O[C@]321. The minimum atomic E-state index is -4.34. The topological polar surface area (TPSA) is 182 Å². The van der Waals surface area contributed by atoms with E-state index in [9.17, 15) is 28.8 Å². The lowest BCUT2D eigenvalue weighted by Crippen LogP contribution is -2.51. The van der Waals surface area contributed by atoms with Crippen LogP contribution in [0.2, 0.25) is 0 Å². The highest BCUT2D eigenvalue weighted by molar-refractivity contribution is 7.48. The third kappa shape index (κ3) is 4.56. The van der Waals surface area contributed by atoms with Crippen LogP contribution in [-0.4, -0.2) is 68.8 Å². The quantitative estimate of drug-likeness (QED) is 0.185. The summed E-state index contributed by atoms with van der Waals surface area (Å²) < 4.78 is 46.2. The van der Waals surface area contributed by atoms with Crippen LogP contribution in [0, 0.1) is 18.3 Å². The van der Waals surface area contributed by atoms with E-state index in [-0.39, 0.29) is 6.42 Å². The molecule has 3 fully saturated rings. The molecule has 0 radical (unpaired) electrons. The highest BCUT2D eigenvalue weighted by Crippen LogP contribution is 2.77. The van der Waals surface area contributed by atoms with Crippen LogP contribution in [0.4, 0.5) is 0 Å². The van der Waals surface area contributed by atoms with Crippen molar-refractivity contribution in [2.24, 2.45) is 5.92 Å². The molecule has 2 N–H and O–H groups in total. The van der Waals surface area contributed by atoms with Crippen molar-refractivity contribution in [2.45, 2.75) is 76.0 Å². The van der Waals surface area contributed by atoms with Crippen molar-refractivity contribution in [1.29, 1.82) is 0 Å². The first-order valence-corrected chi connectivity index (χ1v) is 13.0. The number of H-pyrrole nitrogens is 1. The van der Waals surface area contributed by atoms with Gasteiger partial charge in [0.25, 0.3) is 5.56 Å². The summed E-state index contributed by atoms with van der Waals surface area (Å²) >= 11 is 0. The zero-order valence-electron chi connectivity index (χ0n) is 20.4. The Morgan fingerprint density at radius 1 is 1.22 bits per heavy atom. The van der Waals surface area contributed by atoms with Gasteiger partial charge in [-0.15, -0.1) is 6.42 Å². The maximum Gasteiger partial charge on any atom is 0.476 e. The average molecular weight is 542 g/mol. The number of carbonyl (C=O) groups is 2. The van der Waals surface area contributed by atoms with Crippen molar-refractivity contribution in [2.75, 3.05) is 6.61 Å². The van der Waals surface area contributed by atoms with Crippen molar-refractivity contribution in [3.8, 4) is 12.3 Å². The van der Waals surface area contributed by atoms with Crippen LogP contribution in [0.15, 0.2) is 21.9 Å². The Bertz CT molecular complexity index is 1280. The predicted molar refractivity (Wildman–Crippen MR) is 122 cm³/mol. The van der Waals surface area contributed by atoms with Gasteiger partial charge in [-0.1, -0.05) is 5.92 Å². The molecule has 3 aliphatic rings. The molecule has 0 amide bonds. The summed E-state index contributed by atoms with van der Waals surface area (Å²) in [5, 5.41) is 11.3. The number of phosphoric acid groups is 1. The van der Waals surface area contributed by atoms with Crippen molar-refractivity contribution in [1.82, 2.24) is 9.55 Å². The number of phosphoric ester groups is 1. The Kier molecular flexibility index (Phi) is 7.00. The van der Waals surface area contributed by atoms with Gasteiger partial charge in [-0.3, -0.25) is 37.5 Å². The average Bonchev–Trinajstić information content (AvgIpc) is 3.10. The zero-order valence-corrected chi connectivity index (χ0v) is 21.3. The summed E-state index contributed by atoms with van der Waals surface area (Å²) in [6, 6.07) is 1.03. The number of aromatic amines is 1. The molecule has 202 valence electrons. The second-order valence-corrected chi connectivity index (χ2v) is 10.9. The largest absolute Gasteiger partial charge is 0.476 e. The number of carbonyl (C=O) groups excluding carboxylic acids is 2. The summed E-state index contributed by atoms with van der Waals surface area (Å²) in [7, 11) is -4.34. The Morgan fingerprint density at radius 3 is 2.38 bits per heavy atom. The van der Waals surface area contributed by atoms with Crippen molar-refractivity contribution in [3.63, 3.8) is 0 Å². The van der Waals surface area contributed by atoms with Gasteiger partial charge in [0.05, 0.1) is 18.8 Å². The second kappa shape index (κ2) is 9.50. The monoisotopic (exact) mass is 542 g/mol. The lowest BCUT2D eigenvalue weighted by atomic mass is 9.94. The number of esters is 2. The number of fused-ring (bicyclic) bond motifs is 1. The summed E-state index contributed by atoms with van der Waals surface area (Å²) in [5.74, 6) is -0.887. The van der Waals surface area contributed by atoms with E-state index in [1.807, 2.05) is 4.98 Å². The van der Waals surface area contributed by atoms with Gasteiger partial charge in [-0.05, 0) is 34.1 Å². The van der Waals surface area contributed by atoms with Gasteiger partial charge in [-0.2, -0.15) is 0 Å². The fraction of sp³-hybridized carbons (Fsp3) is 0.636. The second-order valence-electron chi connectivity index (χ2n) is 9.34. The molecule has 6 atom stereocenters. The van der Waals surface area contributed by atoms with Gasteiger partial charge in [0, 0.05) is 12.3 Å². The molecule has 2 aliphatic heterocycles. The molecule has 0 bridgehead atoms. The fourth-order valence-corrected chi connectivity index (χ4v) is 6.11. The number of terminal acetylenes is 1. The molecule has 1 aliphatic carbocycles. The number of nitrogens with zero attached hydrogens (tertiary/aromatic N) is 1. The van der Waals surface area contributed by atoms with Gasteiger partial charge < -0.3 is 19.3 Å². The Hall–Kier alpha value is -2.79. The van der Waals surface area contributed by atoms with Crippen LogP contribution >= 0.6 is 7.82 Å². The van der Waals surface area contributed by atoms with Crippen LogP contribution in [0.1, 0.15) is 40.3 Å². The van der Waals surface area contributed by atoms with E-state index in [1.54, 1.807) is 27.7 Å². The Morgan fingerprint density at radius 2 is 1.84 bits per heavy atom. The lowest BCUT2D eigenvalue weighted by Gasteiger charge is -2.31. The van der Waals surface area contributed by atoms with E-state index in [1.165, 1.54) is 0 Å². The number of aromatic nitrogens is 2. The number of hydrogen-bond donors (Lipinski definition) is 2. The minimum absolute atomic E-state index is 0.264. The van der Waals surface area contributed by atoms with Crippen LogP contribution in [-0.2, 0) is 41.9 Å². The molecule has 3 heterocycles. The van der Waals surface area contributed by atoms with E-state index in [0.717, 1.165) is 16.8 Å². The van der Waals surface area contributed by atoms with Crippen LogP contribution in [0.3, 0.4) is 0 Å². The maximum atomic E-state index is 13.2. The summed E-state index contributed by atoms with van der Waals surface area (Å²) in [5.41, 5.74) is -5.71. The van der Waals surface area contributed by atoms with Crippen molar-refractivity contribution < 1.29 is 47.0 Å². The van der Waals surface area contributed by atoms with Crippen molar-refractivity contribution >= 4 is 19.8 Å². The molecule has 4 rings (SSSR count). The fourth-order valence-electron chi connectivity index (χ4n) is 4.36. The van der Waals surface area contributed by atoms with Gasteiger partial charge in [0.2, 0.25) is 5.60 Å². The number of hydrogen-bond acceptors (Lipinski definition) is 12. The molecule has 37 heavy (non-hydrogen) atoms. The zero-order chi connectivity index (χ0) is 27.3. The third-order valence-electron chi connectivity index (χ3n) is 6.00. The molecule has 15 heteroatoms. The molecule has 1 saturated carbocycles. The van der Waals surface area contributed by atoms with Gasteiger partial charge in [0.1, 0.15) is 12.2 Å². The molecular formula is C22H27N2O12P. The maximum absolute atomic E-state index is 13.2. The van der Waals surface area contributed by atoms with E-state index < -0.39 is 85.4 Å². The normalized spacial score (nSPS) is 33.8. The molecule has 1 spiro atoms. The van der Waals surface area contributed by atoms with E-state index in [2.05, 4.69) is 5.92 Å². The predicted octanol–water partition coefficient (Wildman–Crippen LogP) is 0.000300. The molecule has 1 aromatic rings.